The van der Waals surface area contributed by atoms with Crippen molar-refractivity contribution in [2.24, 2.45) is 0 Å². The summed E-state index contributed by atoms with van der Waals surface area (Å²) in [6, 6.07) is 3.51. The Bertz CT molecular complexity index is 692. The highest BCUT2D eigenvalue weighted by molar-refractivity contribution is 8.06. The number of sulfonamides is 1. The van der Waals surface area contributed by atoms with Crippen LogP contribution in [-0.2, 0) is 19.9 Å². The Balaban J connectivity index is 2.02. The van der Waals surface area contributed by atoms with Crippen molar-refractivity contribution in [1.29, 1.82) is 0 Å². The van der Waals surface area contributed by atoms with Crippen LogP contribution in [0.5, 0.6) is 0 Å². The van der Waals surface area contributed by atoms with E-state index in [9.17, 15) is 16.8 Å². The second-order valence-corrected chi connectivity index (χ2v) is 9.46. The van der Waals surface area contributed by atoms with Crippen LogP contribution < -0.4 is 10.6 Å². The van der Waals surface area contributed by atoms with Gasteiger partial charge in [-0.25, -0.2) is 21.8 Å². The van der Waals surface area contributed by atoms with E-state index in [2.05, 4.69) is 4.98 Å². The Morgan fingerprint density at radius 1 is 1.14 bits per heavy atom. The number of piperazine rings is 1. The maximum absolute atomic E-state index is 12.0. The molecule has 10 heteroatoms. The van der Waals surface area contributed by atoms with Crippen LogP contribution in [0.1, 0.15) is 0 Å². The smallest absolute Gasteiger partial charge is 0.228 e. The first-order valence-electron chi connectivity index (χ1n) is 6.29. The van der Waals surface area contributed by atoms with Gasteiger partial charge in [0.2, 0.25) is 10.0 Å². The molecule has 8 nitrogen and oxygen atoms in total. The molecule has 2 heterocycles. The highest BCUT2D eigenvalue weighted by Crippen LogP contribution is 2.18. The van der Waals surface area contributed by atoms with Crippen molar-refractivity contribution >= 4 is 31.4 Å². The van der Waals surface area contributed by atoms with E-state index in [4.69, 9.17) is 5.73 Å². The molecule has 2 N–H and O–H groups in total. The van der Waals surface area contributed by atoms with Gasteiger partial charge in [0.05, 0.1) is 11.9 Å². The van der Waals surface area contributed by atoms with Crippen molar-refractivity contribution < 1.29 is 16.8 Å². The average Bonchev–Trinajstić information content (AvgIpc) is 2.37. The van der Waals surface area contributed by atoms with Gasteiger partial charge in [-0.05, 0) is 12.1 Å². The Hall–Kier alpha value is -1.39. The zero-order valence-electron chi connectivity index (χ0n) is 11.6. The van der Waals surface area contributed by atoms with E-state index in [-0.39, 0.29) is 13.1 Å². The lowest BCUT2D eigenvalue weighted by Gasteiger charge is -2.35. The maximum atomic E-state index is 12.0. The zero-order chi connectivity index (χ0) is 15.7. The largest absolute Gasteiger partial charge is 0.384 e. The Labute approximate surface area is 124 Å². The molecule has 1 fully saturated rings. The summed E-state index contributed by atoms with van der Waals surface area (Å²) in [6.45, 7) is 1.47. The van der Waals surface area contributed by atoms with Crippen LogP contribution in [0.25, 0.3) is 0 Å². The van der Waals surface area contributed by atoms with Crippen molar-refractivity contribution in [3.05, 3.63) is 18.3 Å². The predicted octanol–water partition coefficient (Wildman–Crippen LogP) is -0.882. The van der Waals surface area contributed by atoms with Crippen molar-refractivity contribution in [1.82, 2.24) is 9.29 Å². The first-order chi connectivity index (χ1) is 9.67. The first-order valence-corrected chi connectivity index (χ1v) is 9.96. The number of nitrogens with zero attached hydrogens (tertiary/aromatic N) is 3. The first kappa shape index (κ1) is 16.0. The monoisotopic (exact) mass is 334 g/mol. The molecule has 0 atom stereocenters. The van der Waals surface area contributed by atoms with Gasteiger partial charge in [0.15, 0.2) is 14.9 Å². The standard InChI is InChI=1S/C11H18N4O4S2/c1-20(16,17)9-21(18,19)15-6-4-14(5-7-15)10-2-3-11(12)13-8-10/h2-3,8H,4-7,9H2,1H3,(H2,12,13). The molecule has 0 radical (unpaired) electrons. The van der Waals surface area contributed by atoms with Gasteiger partial charge in [-0.2, -0.15) is 4.31 Å². The predicted molar refractivity (Wildman–Crippen MR) is 81.1 cm³/mol. The SMILES string of the molecule is CS(=O)(=O)CS(=O)(=O)N1CCN(c2ccc(N)nc2)CC1. The molecule has 0 amide bonds. The number of nitrogens with two attached hydrogens (primary N) is 1. The number of anilines is 2. The van der Waals surface area contributed by atoms with Crippen LogP contribution in [0.2, 0.25) is 0 Å². The zero-order valence-corrected chi connectivity index (χ0v) is 13.3. The summed E-state index contributed by atoms with van der Waals surface area (Å²) >= 11 is 0. The molecule has 1 saturated heterocycles. The minimum absolute atomic E-state index is 0.252. The number of sulfone groups is 1. The lowest BCUT2D eigenvalue weighted by atomic mass is 10.3. The minimum atomic E-state index is -3.77. The van der Waals surface area contributed by atoms with Crippen LogP contribution in [0.4, 0.5) is 11.5 Å². The molecule has 2 rings (SSSR count). The number of hydrogen-bond acceptors (Lipinski definition) is 7. The highest BCUT2D eigenvalue weighted by atomic mass is 32.3. The molecule has 118 valence electrons. The van der Waals surface area contributed by atoms with Gasteiger partial charge in [0.25, 0.3) is 0 Å². The van der Waals surface area contributed by atoms with Gasteiger partial charge in [-0.1, -0.05) is 0 Å². The van der Waals surface area contributed by atoms with E-state index in [1.54, 1.807) is 12.3 Å². The van der Waals surface area contributed by atoms with E-state index in [1.807, 2.05) is 11.0 Å². The molecular formula is C11H18N4O4S2. The second kappa shape index (κ2) is 5.78. The Morgan fingerprint density at radius 3 is 2.24 bits per heavy atom. The lowest BCUT2D eigenvalue weighted by Crippen LogP contribution is -2.49. The van der Waals surface area contributed by atoms with Gasteiger partial charge in [-0.3, -0.25) is 0 Å². The summed E-state index contributed by atoms with van der Waals surface area (Å²) in [4.78, 5) is 5.98. The maximum Gasteiger partial charge on any atom is 0.228 e. The van der Waals surface area contributed by atoms with Crippen molar-refractivity contribution in [3.63, 3.8) is 0 Å². The quantitative estimate of drug-likeness (QED) is 0.760. The van der Waals surface area contributed by atoms with Gasteiger partial charge >= 0.3 is 0 Å². The summed E-state index contributed by atoms with van der Waals surface area (Å²) in [5.41, 5.74) is 6.39. The topological polar surface area (TPSA) is 114 Å². The minimum Gasteiger partial charge on any atom is -0.384 e. The fraction of sp³-hybridized carbons (Fsp3) is 0.545. The number of rotatable bonds is 4. The van der Waals surface area contributed by atoms with Crippen molar-refractivity contribution in [2.75, 3.05) is 48.2 Å². The van der Waals surface area contributed by atoms with Gasteiger partial charge in [0.1, 0.15) is 5.82 Å². The molecule has 1 aliphatic heterocycles. The molecule has 1 aromatic heterocycles. The molecule has 0 aliphatic carbocycles. The van der Waals surface area contributed by atoms with Gasteiger partial charge in [-0.15, -0.1) is 0 Å². The summed E-state index contributed by atoms with van der Waals surface area (Å²) in [7, 11) is -7.34. The molecule has 0 spiro atoms. The van der Waals surface area contributed by atoms with E-state index in [1.165, 1.54) is 4.31 Å². The fourth-order valence-electron chi connectivity index (χ4n) is 2.15. The lowest BCUT2D eigenvalue weighted by molar-refractivity contribution is 0.387. The van der Waals surface area contributed by atoms with E-state index >= 15 is 0 Å². The van der Waals surface area contributed by atoms with Crippen LogP contribution >= 0.6 is 0 Å². The van der Waals surface area contributed by atoms with E-state index < -0.39 is 24.9 Å². The highest BCUT2D eigenvalue weighted by Gasteiger charge is 2.29. The van der Waals surface area contributed by atoms with Crippen LogP contribution in [0, 0.1) is 0 Å². The Morgan fingerprint density at radius 2 is 1.76 bits per heavy atom. The van der Waals surface area contributed by atoms with E-state index in [0.717, 1.165) is 11.9 Å². The molecule has 0 aromatic carbocycles. The molecule has 1 aliphatic rings. The number of hydrogen-bond donors (Lipinski definition) is 1. The molecule has 0 saturated carbocycles. The van der Waals surface area contributed by atoms with Crippen LogP contribution in [0.15, 0.2) is 18.3 Å². The van der Waals surface area contributed by atoms with Crippen molar-refractivity contribution in [3.8, 4) is 0 Å². The third-order valence-electron chi connectivity index (χ3n) is 3.13. The third kappa shape index (κ3) is 4.29. The van der Waals surface area contributed by atoms with Gasteiger partial charge < -0.3 is 10.6 Å². The summed E-state index contributed by atoms with van der Waals surface area (Å²) in [5, 5.41) is -0.844. The molecule has 0 unspecified atom stereocenters. The number of pyridine rings is 1. The fourth-order valence-corrected chi connectivity index (χ4v) is 5.63. The van der Waals surface area contributed by atoms with Crippen molar-refractivity contribution in [2.45, 2.75) is 0 Å². The van der Waals surface area contributed by atoms with E-state index in [0.29, 0.717) is 18.9 Å². The summed E-state index contributed by atoms with van der Waals surface area (Å²) in [6.07, 6.45) is 2.55. The normalized spacial score (nSPS) is 17.9. The summed E-state index contributed by atoms with van der Waals surface area (Å²) < 4.78 is 47.5. The second-order valence-electron chi connectivity index (χ2n) is 4.98. The molecule has 0 bridgehead atoms. The number of aromatic nitrogens is 1. The average molecular weight is 334 g/mol. The van der Waals surface area contributed by atoms with Gasteiger partial charge in [0, 0.05) is 32.4 Å². The third-order valence-corrected chi connectivity index (χ3v) is 7.19. The summed E-state index contributed by atoms with van der Waals surface area (Å²) in [5.74, 6) is 0.424. The number of nitrogen functional groups attached to an aromatic ring is 1. The van der Waals surface area contributed by atoms with Crippen LogP contribution in [-0.4, -0.2) is 63.6 Å². The molecule has 1 aromatic rings. The molecular weight excluding hydrogens is 316 g/mol. The van der Waals surface area contributed by atoms with Crippen LogP contribution in [0.3, 0.4) is 0 Å². The Kier molecular flexibility index (Phi) is 4.40. The molecule has 21 heavy (non-hydrogen) atoms.